The number of sulfonamides is 1. The SMILES string of the molecule is COc1cccc(S(=O)(=O)NC(=O)Cc2c(C)n(C(=O)c3ccc(Cl)cc3)c3ccc(OC)cc23)c1. The molecule has 0 fully saturated rings. The van der Waals surface area contributed by atoms with E-state index in [0.29, 0.717) is 44.2 Å². The number of rotatable bonds is 7. The smallest absolute Gasteiger partial charge is 0.264 e. The Balaban J connectivity index is 1.72. The first kappa shape index (κ1) is 25.3. The zero-order chi connectivity index (χ0) is 26.0. The topological polar surface area (TPSA) is 104 Å². The second kappa shape index (κ2) is 10.0. The van der Waals surface area contributed by atoms with Gasteiger partial charge in [-0.15, -0.1) is 0 Å². The van der Waals surface area contributed by atoms with Crippen LogP contribution in [0.3, 0.4) is 0 Å². The van der Waals surface area contributed by atoms with Crippen molar-refractivity contribution >= 4 is 44.3 Å². The van der Waals surface area contributed by atoms with Crippen LogP contribution in [0.15, 0.2) is 71.6 Å². The molecule has 0 aliphatic carbocycles. The molecule has 0 saturated heterocycles. The highest BCUT2D eigenvalue weighted by molar-refractivity contribution is 7.90. The van der Waals surface area contributed by atoms with Gasteiger partial charge in [0.15, 0.2) is 0 Å². The molecule has 0 aliphatic heterocycles. The van der Waals surface area contributed by atoms with E-state index >= 15 is 0 Å². The molecule has 8 nitrogen and oxygen atoms in total. The molecule has 0 atom stereocenters. The first-order chi connectivity index (χ1) is 17.1. The van der Waals surface area contributed by atoms with E-state index in [2.05, 4.69) is 4.72 Å². The zero-order valence-electron chi connectivity index (χ0n) is 19.7. The Morgan fingerprint density at radius 3 is 2.28 bits per heavy atom. The third kappa shape index (κ3) is 4.93. The molecule has 1 heterocycles. The highest BCUT2D eigenvalue weighted by Crippen LogP contribution is 2.31. The van der Waals surface area contributed by atoms with E-state index in [1.807, 2.05) is 0 Å². The Bertz CT molecular complexity index is 1580. The lowest BCUT2D eigenvalue weighted by atomic mass is 10.1. The Morgan fingerprint density at radius 1 is 0.944 bits per heavy atom. The normalized spacial score (nSPS) is 11.3. The maximum absolute atomic E-state index is 13.4. The summed E-state index contributed by atoms with van der Waals surface area (Å²) in [4.78, 5) is 26.2. The summed E-state index contributed by atoms with van der Waals surface area (Å²) in [5.74, 6) is -0.182. The molecule has 1 amide bonds. The summed E-state index contributed by atoms with van der Waals surface area (Å²) in [7, 11) is -1.21. The second-order valence-corrected chi connectivity index (χ2v) is 10.1. The number of aromatic nitrogens is 1. The molecule has 4 aromatic rings. The summed E-state index contributed by atoms with van der Waals surface area (Å²) >= 11 is 5.96. The zero-order valence-corrected chi connectivity index (χ0v) is 21.3. The fourth-order valence-corrected chi connectivity index (χ4v) is 5.11. The Hall–Kier alpha value is -3.82. The number of carbonyl (C=O) groups excluding carboxylic acids is 2. The summed E-state index contributed by atoms with van der Waals surface area (Å²) in [6.45, 7) is 1.71. The molecular weight excluding hydrogens is 504 g/mol. The third-order valence-electron chi connectivity index (χ3n) is 5.77. The number of hydrogen-bond donors (Lipinski definition) is 1. The van der Waals surface area contributed by atoms with Gasteiger partial charge in [-0.2, -0.15) is 0 Å². The van der Waals surface area contributed by atoms with E-state index in [1.54, 1.807) is 55.5 Å². The molecule has 4 rings (SSSR count). The van der Waals surface area contributed by atoms with Crippen molar-refractivity contribution in [2.45, 2.75) is 18.2 Å². The lowest BCUT2D eigenvalue weighted by Crippen LogP contribution is -2.32. The molecule has 0 radical (unpaired) electrons. The van der Waals surface area contributed by atoms with Crippen LogP contribution in [0, 0.1) is 6.92 Å². The van der Waals surface area contributed by atoms with Crippen LogP contribution in [0.4, 0.5) is 0 Å². The maximum Gasteiger partial charge on any atom is 0.264 e. The molecule has 36 heavy (non-hydrogen) atoms. The first-order valence-electron chi connectivity index (χ1n) is 10.8. The molecule has 10 heteroatoms. The van der Waals surface area contributed by atoms with Gasteiger partial charge in [0.1, 0.15) is 11.5 Å². The summed E-state index contributed by atoms with van der Waals surface area (Å²) in [6, 6.07) is 17.4. The average molecular weight is 527 g/mol. The number of hydrogen-bond acceptors (Lipinski definition) is 6. The van der Waals surface area contributed by atoms with Crippen LogP contribution in [0.1, 0.15) is 21.6 Å². The van der Waals surface area contributed by atoms with Crippen molar-refractivity contribution in [3.05, 3.63) is 88.6 Å². The van der Waals surface area contributed by atoms with Crippen molar-refractivity contribution in [2.75, 3.05) is 14.2 Å². The van der Waals surface area contributed by atoms with E-state index in [-0.39, 0.29) is 17.2 Å². The molecule has 0 spiro atoms. The lowest BCUT2D eigenvalue weighted by Gasteiger charge is -2.09. The predicted octanol–water partition coefficient (Wildman–Crippen LogP) is 4.36. The van der Waals surface area contributed by atoms with Crippen LogP contribution in [0.5, 0.6) is 11.5 Å². The summed E-state index contributed by atoms with van der Waals surface area (Å²) in [5.41, 5.74) is 1.98. The van der Waals surface area contributed by atoms with Gasteiger partial charge in [0, 0.05) is 27.7 Å². The Labute approximate surface area is 213 Å². The summed E-state index contributed by atoms with van der Waals surface area (Å²) < 4.78 is 39.6. The monoisotopic (exact) mass is 526 g/mol. The minimum absolute atomic E-state index is 0.103. The van der Waals surface area contributed by atoms with Crippen molar-refractivity contribution < 1.29 is 27.5 Å². The predicted molar refractivity (Wildman–Crippen MR) is 136 cm³/mol. The largest absolute Gasteiger partial charge is 0.497 e. The standard InChI is InChI=1S/C26H23ClN2O6S/c1-16-22(15-25(30)28-36(32,33)21-6-4-5-19(13-21)34-2)23-14-20(35-3)11-12-24(23)29(16)26(31)17-7-9-18(27)10-8-17/h4-14H,15H2,1-3H3,(H,28,30). The summed E-state index contributed by atoms with van der Waals surface area (Å²) in [5, 5.41) is 1.10. The van der Waals surface area contributed by atoms with Crippen LogP contribution in [-0.2, 0) is 21.2 Å². The van der Waals surface area contributed by atoms with E-state index in [4.69, 9.17) is 21.1 Å². The Morgan fingerprint density at radius 2 is 1.61 bits per heavy atom. The number of carbonyl (C=O) groups is 2. The number of nitrogens with zero attached hydrogens (tertiary/aromatic N) is 1. The highest BCUT2D eigenvalue weighted by atomic mass is 35.5. The van der Waals surface area contributed by atoms with Crippen molar-refractivity contribution in [2.24, 2.45) is 0 Å². The summed E-state index contributed by atoms with van der Waals surface area (Å²) in [6.07, 6.45) is -0.278. The van der Waals surface area contributed by atoms with Gasteiger partial charge in [0.2, 0.25) is 5.91 Å². The number of nitrogens with one attached hydrogen (secondary N) is 1. The highest BCUT2D eigenvalue weighted by Gasteiger charge is 2.24. The van der Waals surface area contributed by atoms with Crippen LogP contribution < -0.4 is 14.2 Å². The van der Waals surface area contributed by atoms with Crippen molar-refractivity contribution in [1.29, 1.82) is 0 Å². The van der Waals surface area contributed by atoms with Crippen LogP contribution in [0.2, 0.25) is 5.02 Å². The Kier molecular flexibility index (Phi) is 7.05. The molecule has 1 aromatic heterocycles. The molecular formula is C26H23ClN2O6S. The van der Waals surface area contributed by atoms with E-state index in [1.165, 1.54) is 37.0 Å². The minimum Gasteiger partial charge on any atom is -0.497 e. The number of benzene rings is 3. The lowest BCUT2D eigenvalue weighted by molar-refractivity contribution is -0.118. The van der Waals surface area contributed by atoms with Crippen molar-refractivity contribution in [3.8, 4) is 11.5 Å². The fourth-order valence-electron chi connectivity index (χ4n) is 3.97. The number of methoxy groups -OCH3 is 2. The van der Waals surface area contributed by atoms with Gasteiger partial charge >= 0.3 is 0 Å². The maximum atomic E-state index is 13.4. The van der Waals surface area contributed by atoms with Gasteiger partial charge in [-0.3, -0.25) is 14.2 Å². The van der Waals surface area contributed by atoms with Crippen molar-refractivity contribution in [1.82, 2.24) is 9.29 Å². The number of ether oxygens (including phenoxy) is 2. The van der Waals surface area contributed by atoms with Gasteiger partial charge < -0.3 is 9.47 Å². The van der Waals surface area contributed by atoms with Gasteiger partial charge in [-0.05, 0) is 67.1 Å². The quantitative estimate of drug-likeness (QED) is 0.384. The molecule has 0 unspecified atom stereocenters. The number of halogens is 1. The first-order valence-corrected chi connectivity index (χ1v) is 12.7. The average Bonchev–Trinajstić information content (AvgIpc) is 3.13. The van der Waals surface area contributed by atoms with Gasteiger partial charge in [0.05, 0.1) is 31.1 Å². The van der Waals surface area contributed by atoms with Gasteiger partial charge in [-0.1, -0.05) is 17.7 Å². The van der Waals surface area contributed by atoms with Gasteiger partial charge in [0.25, 0.3) is 15.9 Å². The molecule has 3 aromatic carbocycles. The van der Waals surface area contributed by atoms with Crippen molar-refractivity contribution in [3.63, 3.8) is 0 Å². The molecule has 0 aliphatic rings. The second-order valence-electron chi connectivity index (χ2n) is 7.98. The minimum atomic E-state index is -4.14. The van der Waals surface area contributed by atoms with Gasteiger partial charge in [-0.25, -0.2) is 13.1 Å². The third-order valence-corrected chi connectivity index (χ3v) is 7.40. The van der Waals surface area contributed by atoms with E-state index in [9.17, 15) is 18.0 Å². The van der Waals surface area contributed by atoms with Crippen LogP contribution in [0.25, 0.3) is 10.9 Å². The van der Waals surface area contributed by atoms with E-state index < -0.39 is 15.9 Å². The number of fused-ring (bicyclic) bond motifs is 1. The van der Waals surface area contributed by atoms with E-state index in [0.717, 1.165) is 0 Å². The molecule has 0 bridgehead atoms. The van der Waals surface area contributed by atoms with Crippen LogP contribution >= 0.6 is 11.6 Å². The fraction of sp³-hybridized carbons (Fsp3) is 0.154. The molecule has 0 saturated carbocycles. The molecule has 1 N–H and O–H groups in total. The number of amides is 1. The molecule has 186 valence electrons. The van der Waals surface area contributed by atoms with Crippen LogP contribution in [-0.4, -0.2) is 39.0 Å².